The Bertz CT molecular complexity index is 806. The predicted octanol–water partition coefficient (Wildman–Crippen LogP) is 3.69. The first-order valence-electron chi connectivity index (χ1n) is 6.01. The Morgan fingerprint density at radius 3 is 1.52 bits per heavy atom. The maximum absolute atomic E-state index is 13.6. The third-order valence-corrected chi connectivity index (χ3v) is 4.16. The van der Waals surface area contributed by atoms with E-state index in [9.17, 15) is 31.5 Å². The zero-order valence-corrected chi connectivity index (χ0v) is 11.7. The Morgan fingerprint density at radius 2 is 1.09 bits per heavy atom. The smallest absolute Gasteiger partial charge is 0.268 e. The number of carbonyl (C=O) groups is 2. The van der Waals surface area contributed by atoms with Gasteiger partial charge in [0, 0.05) is 11.9 Å². The molecule has 0 fully saturated rings. The lowest BCUT2D eigenvalue weighted by Gasteiger charge is -2.14. The van der Waals surface area contributed by atoms with E-state index in [1.807, 2.05) is 0 Å². The molecule has 0 N–H and O–H groups in total. The molecular formula is C14H4F5NO2S. The Hall–Kier alpha value is -2.42. The van der Waals surface area contributed by atoms with Gasteiger partial charge in [-0.3, -0.25) is 9.59 Å². The molecule has 0 unspecified atom stereocenters. The minimum Gasteiger partial charge on any atom is -0.268 e. The largest absolute Gasteiger partial charge is 0.272 e. The van der Waals surface area contributed by atoms with Crippen molar-refractivity contribution in [2.24, 2.45) is 0 Å². The maximum atomic E-state index is 13.6. The lowest BCUT2D eigenvalue weighted by Crippen LogP contribution is -2.23. The molecule has 1 heterocycles. The maximum Gasteiger partial charge on any atom is 0.272 e. The number of carbonyl (C=O) groups excluding carboxylic acids is 2. The topological polar surface area (TPSA) is 37.4 Å². The van der Waals surface area contributed by atoms with Crippen molar-refractivity contribution in [2.75, 3.05) is 0 Å². The molecule has 0 bridgehead atoms. The highest BCUT2D eigenvalue weighted by Gasteiger charge is 2.38. The SMILES string of the molecule is O=C1c2ccccc2C(=O)N1Sc1c(F)c(F)c(F)c(F)c1F. The molecule has 2 amide bonds. The lowest BCUT2D eigenvalue weighted by molar-refractivity contribution is 0.0776. The summed E-state index contributed by atoms with van der Waals surface area (Å²) < 4.78 is 67.0. The molecule has 0 saturated heterocycles. The fraction of sp³-hybridized carbons (Fsp3) is 0. The average Bonchev–Trinajstić information content (AvgIpc) is 2.80. The van der Waals surface area contributed by atoms with E-state index in [1.54, 1.807) is 0 Å². The third kappa shape index (κ3) is 2.19. The van der Waals surface area contributed by atoms with Crippen molar-refractivity contribution in [2.45, 2.75) is 4.90 Å². The van der Waals surface area contributed by atoms with Crippen molar-refractivity contribution < 1.29 is 31.5 Å². The number of benzene rings is 2. The van der Waals surface area contributed by atoms with E-state index in [1.165, 1.54) is 24.3 Å². The highest BCUT2D eigenvalue weighted by Crippen LogP contribution is 2.37. The van der Waals surface area contributed by atoms with Crippen LogP contribution in [0.2, 0.25) is 0 Å². The van der Waals surface area contributed by atoms with Crippen LogP contribution in [0, 0.1) is 29.1 Å². The zero-order valence-electron chi connectivity index (χ0n) is 10.9. The van der Waals surface area contributed by atoms with Crippen molar-refractivity contribution in [3.05, 3.63) is 64.5 Å². The van der Waals surface area contributed by atoms with Crippen LogP contribution in [0.5, 0.6) is 0 Å². The summed E-state index contributed by atoms with van der Waals surface area (Å²) in [6, 6.07) is 5.57. The van der Waals surface area contributed by atoms with E-state index in [0.29, 0.717) is 4.31 Å². The molecule has 9 heteroatoms. The Labute approximate surface area is 129 Å². The van der Waals surface area contributed by atoms with Crippen LogP contribution in [0.4, 0.5) is 22.0 Å². The molecule has 1 aliphatic rings. The Morgan fingerprint density at radius 1 is 0.696 bits per heavy atom. The van der Waals surface area contributed by atoms with Crippen molar-refractivity contribution in [3.63, 3.8) is 0 Å². The first-order valence-corrected chi connectivity index (χ1v) is 6.79. The summed E-state index contributed by atoms with van der Waals surface area (Å²) in [6.07, 6.45) is 0. The van der Waals surface area contributed by atoms with E-state index in [2.05, 4.69) is 0 Å². The molecule has 2 aromatic rings. The number of halogens is 5. The van der Waals surface area contributed by atoms with Gasteiger partial charge in [-0.25, -0.2) is 26.3 Å². The van der Waals surface area contributed by atoms with Crippen LogP contribution in [0.25, 0.3) is 0 Å². The number of rotatable bonds is 2. The molecule has 3 rings (SSSR count). The Balaban J connectivity index is 2.05. The summed E-state index contributed by atoms with van der Waals surface area (Å²) in [5, 5.41) is 0. The molecular weight excluding hydrogens is 341 g/mol. The summed E-state index contributed by atoms with van der Waals surface area (Å²) in [4.78, 5) is 22.8. The highest BCUT2D eigenvalue weighted by molar-refractivity contribution is 7.98. The van der Waals surface area contributed by atoms with Gasteiger partial charge in [-0.2, -0.15) is 0 Å². The van der Waals surface area contributed by atoms with Crippen LogP contribution < -0.4 is 0 Å². The van der Waals surface area contributed by atoms with Crippen molar-refractivity contribution >= 4 is 23.8 Å². The molecule has 1 aliphatic heterocycles. The quantitative estimate of drug-likeness (QED) is 0.274. The van der Waals surface area contributed by atoms with Crippen LogP contribution >= 0.6 is 11.9 Å². The van der Waals surface area contributed by atoms with Crippen LogP contribution in [-0.4, -0.2) is 16.1 Å². The van der Waals surface area contributed by atoms with Crippen molar-refractivity contribution in [3.8, 4) is 0 Å². The van der Waals surface area contributed by atoms with Gasteiger partial charge in [0.05, 0.1) is 11.1 Å². The number of nitrogens with zero attached hydrogens (tertiary/aromatic N) is 1. The van der Waals surface area contributed by atoms with Gasteiger partial charge in [0.25, 0.3) is 11.8 Å². The van der Waals surface area contributed by atoms with Gasteiger partial charge in [-0.15, -0.1) is 0 Å². The molecule has 23 heavy (non-hydrogen) atoms. The van der Waals surface area contributed by atoms with E-state index in [0.717, 1.165) is 0 Å². The molecule has 0 radical (unpaired) electrons. The second-order valence-corrected chi connectivity index (χ2v) is 5.40. The average molecular weight is 345 g/mol. The lowest BCUT2D eigenvalue weighted by atomic mass is 10.1. The number of imide groups is 1. The first-order chi connectivity index (χ1) is 10.8. The van der Waals surface area contributed by atoms with Gasteiger partial charge in [0.15, 0.2) is 23.3 Å². The molecule has 3 nitrogen and oxygen atoms in total. The number of hydrogen-bond donors (Lipinski definition) is 0. The molecule has 0 saturated carbocycles. The summed E-state index contributed by atoms with van der Waals surface area (Å²) in [7, 11) is 0. The molecule has 118 valence electrons. The molecule has 0 aliphatic carbocycles. The van der Waals surface area contributed by atoms with Gasteiger partial charge >= 0.3 is 0 Å². The number of amides is 2. The van der Waals surface area contributed by atoms with Crippen LogP contribution in [0.3, 0.4) is 0 Å². The van der Waals surface area contributed by atoms with E-state index in [4.69, 9.17) is 0 Å². The minimum atomic E-state index is -2.31. The zero-order chi connectivity index (χ0) is 16.9. The monoisotopic (exact) mass is 345 g/mol. The fourth-order valence-electron chi connectivity index (χ4n) is 2.01. The van der Waals surface area contributed by atoms with Crippen molar-refractivity contribution in [1.82, 2.24) is 4.31 Å². The second-order valence-electron chi connectivity index (χ2n) is 4.44. The van der Waals surface area contributed by atoms with Crippen LogP contribution in [0.15, 0.2) is 29.2 Å². The summed E-state index contributed by atoms with van der Waals surface area (Å²) in [5.41, 5.74) is -0.0391. The van der Waals surface area contributed by atoms with Gasteiger partial charge in [-0.05, 0) is 12.1 Å². The number of hydrogen-bond acceptors (Lipinski definition) is 3. The van der Waals surface area contributed by atoms with E-state index < -0.39 is 45.8 Å². The highest BCUT2D eigenvalue weighted by atomic mass is 32.2. The summed E-state index contributed by atoms with van der Waals surface area (Å²) in [5.74, 6) is -12.6. The number of fused-ring (bicyclic) bond motifs is 1. The summed E-state index contributed by atoms with van der Waals surface area (Å²) >= 11 is -0.148. The molecule has 0 spiro atoms. The van der Waals surface area contributed by atoms with Crippen LogP contribution in [0.1, 0.15) is 20.7 Å². The fourth-order valence-corrected chi connectivity index (χ4v) is 2.89. The Kier molecular flexibility index (Phi) is 3.59. The van der Waals surface area contributed by atoms with Gasteiger partial charge in [0.2, 0.25) is 5.82 Å². The standard InChI is InChI=1S/C14H4F5NO2S/c15-7-8(16)10(18)12(11(19)9(7)17)23-20-13(21)5-3-1-2-4-6(5)14(20)22/h1-4H. The predicted molar refractivity (Wildman–Crippen MR) is 69.0 cm³/mol. The van der Waals surface area contributed by atoms with Crippen molar-refractivity contribution in [1.29, 1.82) is 0 Å². The van der Waals surface area contributed by atoms with E-state index >= 15 is 0 Å². The molecule has 0 aromatic heterocycles. The molecule has 0 atom stereocenters. The van der Waals surface area contributed by atoms with Gasteiger partial charge in [-0.1, -0.05) is 12.1 Å². The molecule has 2 aromatic carbocycles. The van der Waals surface area contributed by atoms with Gasteiger partial charge in [0.1, 0.15) is 4.90 Å². The summed E-state index contributed by atoms with van der Waals surface area (Å²) in [6.45, 7) is 0. The third-order valence-electron chi connectivity index (χ3n) is 3.11. The normalized spacial score (nSPS) is 13.7. The van der Waals surface area contributed by atoms with Crippen LogP contribution in [-0.2, 0) is 0 Å². The minimum absolute atomic E-state index is 0.0196. The first kappa shape index (κ1) is 15.5. The second kappa shape index (κ2) is 5.34. The van der Waals surface area contributed by atoms with Gasteiger partial charge < -0.3 is 0 Å². The van der Waals surface area contributed by atoms with E-state index in [-0.39, 0.29) is 23.1 Å².